The van der Waals surface area contributed by atoms with Crippen LogP contribution in [0.3, 0.4) is 0 Å². The molecule has 2 amide bonds. The zero-order valence-corrected chi connectivity index (χ0v) is 12.2. The molecule has 0 fully saturated rings. The van der Waals surface area contributed by atoms with Crippen LogP contribution in [0, 0.1) is 0 Å². The molecule has 0 aromatic heterocycles. The van der Waals surface area contributed by atoms with Gasteiger partial charge in [0, 0.05) is 24.8 Å². The van der Waals surface area contributed by atoms with Crippen molar-refractivity contribution in [3.8, 4) is 0 Å². The van der Waals surface area contributed by atoms with Crippen LogP contribution in [-0.2, 0) is 4.74 Å². The highest BCUT2D eigenvalue weighted by Crippen LogP contribution is 2.21. The fraction of sp³-hybridized carbons (Fsp3) is 0.500. The van der Waals surface area contributed by atoms with E-state index in [2.05, 4.69) is 10.6 Å². The van der Waals surface area contributed by atoms with Crippen LogP contribution in [-0.4, -0.2) is 25.8 Å². The number of halogens is 1. The minimum Gasteiger partial charge on any atom is -0.382 e. The maximum absolute atomic E-state index is 11.7. The highest BCUT2D eigenvalue weighted by molar-refractivity contribution is 6.31. The molecule has 0 bridgehead atoms. The topological polar surface area (TPSA) is 50.4 Å². The van der Waals surface area contributed by atoms with Gasteiger partial charge in [-0.1, -0.05) is 29.8 Å². The predicted octanol–water partition coefficient (Wildman–Crippen LogP) is 3.13. The second-order valence-corrected chi connectivity index (χ2v) is 4.60. The van der Waals surface area contributed by atoms with Crippen LogP contribution in [0.15, 0.2) is 24.3 Å². The first-order chi connectivity index (χ1) is 9.15. The number of benzene rings is 1. The number of nitrogens with one attached hydrogen (secondary N) is 2. The van der Waals surface area contributed by atoms with Crippen LogP contribution < -0.4 is 10.6 Å². The van der Waals surface area contributed by atoms with Crippen molar-refractivity contribution in [2.24, 2.45) is 0 Å². The van der Waals surface area contributed by atoms with Crippen LogP contribution in [0.25, 0.3) is 0 Å². The maximum Gasteiger partial charge on any atom is 0.315 e. The second kappa shape index (κ2) is 8.77. The number of ether oxygens (including phenoxy) is 1. The van der Waals surface area contributed by atoms with Gasteiger partial charge in [0.15, 0.2) is 0 Å². The van der Waals surface area contributed by atoms with Gasteiger partial charge in [-0.2, -0.15) is 0 Å². The van der Waals surface area contributed by atoms with E-state index in [9.17, 15) is 4.79 Å². The number of rotatable bonds is 7. The summed E-state index contributed by atoms with van der Waals surface area (Å²) >= 11 is 6.08. The Balaban J connectivity index is 2.30. The van der Waals surface area contributed by atoms with E-state index in [1.807, 2.05) is 38.1 Å². The largest absolute Gasteiger partial charge is 0.382 e. The number of carbonyl (C=O) groups is 1. The van der Waals surface area contributed by atoms with E-state index in [0.717, 1.165) is 12.0 Å². The van der Waals surface area contributed by atoms with Gasteiger partial charge in [0.1, 0.15) is 0 Å². The van der Waals surface area contributed by atoms with E-state index in [1.54, 1.807) is 0 Å². The van der Waals surface area contributed by atoms with Crippen molar-refractivity contribution < 1.29 is 9.53 Å². The zero-order valence-electron chi connectivity index (χ0n) is 11.4. The fourth-order valence-electron chi connectivity index (χ4n) is 1.67. The number of amides is 2. The summed E-state index contributed by atoms with van der Waals surface area (Å²) in [5, 5.41) is 6.30. The number of hydrogen-bond acceptors (Lipinski definition) is 2. The number of hydrogen-bond donors (Lipinski definition) is 2. The molecule has 0 heterocycles. The zero-order chi connectivity index (χ0) is 14.1. The summed E-state index contributed by atoms with van der Waals surface area (Å²) < 4.78 is 5.19. The third-order valence-electron chi connectivity index (χ3n) is 2.67. The average molecular weight is 285 g/mol. The molecule has 1 unspecified atom stereocenters. The second-order valence-electron chi connectivity index (χ2n) is 4.19. The van der Waals surface area contributed by atoms with E-state index in [0.29, 0.717) is 24.8 Å². The van der Waals surface area contributed by atoms with Gasteiger partial charge in [0.25, 0.3) is 0 Å². The van der Waals surface area contributed by atoms with Crippen molar-refractivity contribution in [1.29, 1.82) is 0 Å². The monoisotopic (exact) mass is 284 g/mol. The Morgan fingerprint density at radius 2 is 2.16 bits per heavy atom. The molecular formula is C14H21ClN2O2. The van der Waals surface area contributed by atoms with Gasteiger partial charge in [-0.15, -0.1) is 0 Å². The van der Waals surface area contributed by atoms with E-state index in [1.165, 1.54) is 0 Å². The van der Waals surface area contributed by atoms with Gasteiger partial charge in [-0.25, -0.2) is 4.79 Å². The molecule has 0 aliphatic rings. The van der Waals surface area contributed by atoms with E-state index < -0.39 is 0 Å². The van der Waals surface area contributed by atoms with Gasteiger partial charge < -0.3 is 15.4 Å². The number of carbonyl (C=O) groups excluding carboxylic acids is 1. The molecule has 0 aliphatic heterocycles. The Morgan fingerprint density at radius 3 is 2.84 bits per heavy atom. The third-order valence-corrected chi connectivity index (χ3v) is 3.02. The lowest BCUT2D eigenvalue weighted by Crippen LogP contribution is -2.37. The van der Waals surface area contributed by atoms with Crippen molar-refractivity contribution in [2.75, 3.05) is 19.8 Å². The molecule has 4 nitrogen and oxygen atoms in total. The van der Waals surface area contributed by atoms with Crippen molar-refractivity contribution in [3.05, 3.63) is 34.9 Å². The van der Waals surface area contributed by atoms with Crippen LogP contribution in [0.4, 0.5) is 4.79 Å². The lowest BCUT2D eigenvalue weighted by Gasteiger charge is -2.16. The molecule has 0 radical (unpaired) electrons. The summed E-state index contributed by atoms with van der Waals surface area (Å²) in [5.74, 6) is 0. The summed E-state index contributed by atoms with van der Waals surface area (Å²) in [6.45, 7) is 5.82. The van der Waals surface area contributed by atoms with Gasteiger partial charge >= 0.3 is 6.03 Å². The van der Waals surface area contributed by atoms with Crippen molar-refractivity contribution >= 4 is 17.6 Å². The molecule has 1 aromatic rings. The van der Waals surface area contributed by atoms with Gasteiger partial charge in [-0.05, 0) is 31.9 Å². The van der Waals surface area contributed by atoms with Gasteiger partial charge in [0.2, 0.25) is 0 Å². The molecule has 0 aliphatic carbocycles. The molecule has 0 spiro atoms. The van der Waals surface area contributed by atoms with Crippen LogP contribution in [0.5, 0.6) is 0 Å². The fourth-order valence-corrected chi connectivity index (χ4v) is 1.97. The Labute approximate surface area is 119 Å². The standard InChI is InChI=1S/C14H21ClN2O2/c1-3-19-10-6-9-16-14(18)17-11(2)12-7-4-5-8-13(12)15/h4-5,7-8,11H,3,6,9-10H2,1-2H3,(H2,16,17,18). The van der Waals surface area contributed by atoms with Gasteiger partial charge in [-0.3, -0.25) is 0 Å². The number of urea groups is 1. The smallest absolute Gasteiger partial charge is 0.315 e. The summed E-state index contributed by atoms with van der Waals surface area (Å²) in [7, 11) is 0. The van der Waals surface area contributed by atoms with E-state index >= 15 is 0 Å². The van der Waals surface area contributed by atoms with Crippen molar-refractivity contribution in [1.82, 2.24) is 10.6 Å². The minimum atomic E-state index is -0.191. The Hall–Kier alpha value is -1.26. The highest BCUT2D eigenvalue weighted by atomic mass is 35.5. The van der Waals surface area contributed by atoms with Crippen LogP contribution >= 0.6 is 11.6 Å². The molecule has 106 valence electrons. The molecular weight excluding hydrogens is 264 g/mol. The summed E-state index contributed by atoms with van der Waals surface area (Å²) in [4.78, 5) is 11.7. The Kier molecular flexibility index (Phi) is 7.30. The van der Waals surface area contributed by atoms with Crippen molar-refractivity contribution in [3.63, 3.8) is 0 Å². The third kappa shape index (κ3) is 5.94. The summed E-state index contributed by atoms with van der Waals surface area (Å²) in [6.07, 6.45) is 0.807. The normalized spacial score (nSPS) is 11.9. The predicted molar refractivity (Wildman–Crippen MR) is 77.5 cm³/mol. The molecule has 0 saturated carbocycles. The van der Waals surface area contributed by atoms with Crippen molar-refractivity contribution in [2.45, 2.75) is 26.3 Å². The lowest BCUT2D eigenvalue weighted by molar-refractivity contribution is 0.145. The van der Waals surface area contributed by atoms with E-state index in [-0.39, 0.29) is 12.1 Å². The van der Waals surface area contributed by atoms with Crippen LogP contribution in [0.2, 0.25) is 5.02 Å². The molecule has 1 aromatic carbocycles. The lowest BCUT2D eigenvalue weighted by atomic mass is 10.1. The Bertz CT molecular complexity index is 399. The molecule has 1 rings (SSSR count). The molecule has 2 N–H and O–H groups in total. The average Bonchev–Trinajstić information content (AvgIpc) is 2.39. The molecule has 19 heavy (non-hydrogen) atoms. The summed E-state index contributed by atoms with van der Waals surface area (Å²) in [5.41, 5.74) is 0.911. The quantitative estimate of drug-likeness (QED) is 0.756. The van der Waals surface area contributed by atoms with E-state index in [4.69, 9.17) is 16.3 Å². The summed E-state index contributed by atoms with van der Waals surface area (Å²) in [6, 6.07) is 7.17. The first-order valence-electron chi connectivity index (χ1n) is 6.51. The molecule has 5 heteroatoms. The minimum absolute atomic E-state index is 0.124. The first kappa shape index (κ1) is 15.8. The molecule has 1 atom stereocenters. The Morgan fingerprint density at radius 1 is 1.42 bits per heavy atom. The highest BCUT2D eigenvalue weighted by Gasteiger charge is 2.11. The first-order valence-corrected chi connectivity index (χ1v) is 6.89. The molecule has 0 saturated heterocycles. The van der Waals surface area contributed by atoms with Crippen LogP contribution in [0.1, 0.15) is 31.9 Å². The maximum atomic E-state index is 11.7. The SMILES string of the molecule is CCOCCCNC(=O)NC(C)c1ccccc1Cl. The van der Waals surface area contributed by atoms with Gasteiger partial charge in [0.05, 0.1) is 6.04 Å².